The third-order valence-electron chi connectivity index (χ3n) is 3.72. The van der Waals surface area contributed by atoms with E-state index in [4.69, 9.17) is 10.2 Å². The molecule has 100 valence electrons. The van der Waals surface area contributed by atoms with E-state index in [0.29, 0.717) is 0 Å². The van der Waals surface area contributed by atoms with Crippen LogP contribution in [0.2, 0.25) is 0 Å². The minimum absolute atomic E-state index is 0.728. The number of nitrogen functional groups attached to an aromatic ring is 1. The van der Waals surface area contributed by atoms with Crippen molar-refractivity contribution in [1.82, 2.24) is 4.98 Å². The van der Waals surface area contributed by atoms with Crippen LogP contribution in [0.1, 0.15) is 29.3 Å². The van der Waals surface area contributed by atoms with Crippen molar-refractivity contribution in [2.45, 2.75) is 33.2 Å². The highest BCUT2D eigenvalue weighted by molar-refractivity contribution is 5.61. The van der Waals surface area contributed by atoms with Gasteiger partial charge in [0.05, 0.1) is 12.2 Å². The number of anilines is 2. The maximum absolute atomic E-state index is 5.85. The third kappa shape index (κ3) is 2.30. The van der Waals surface area contributed by atoms with Gasteiger partial charge in [-0.2, -0.15) is 0 Å². The van der Waals surface area contributed by atoms with Crippen LogP contribution in [0.5, 0.6) is 0 Å². The largest absolute Gasteiger partial charge is 0.444 e. The Labute approximate surface area is 113 Å². The van der Waals surface area contributed by atoms with E-state index in [-0.39, 0.29) is 0 Å². The average Bonchev–Trinajstić information content (AvgIpc) is 2.68. The van der Waals surface area contributed by atoms with E-state index >= 15 is 0 Å². The first-order chi connectivity index (χ1) is 9.13. The van der Waals surface area contributed by atoms with Gasteiger partial charge in [0.1, 0.15) is 5.76 Å². The van der Waals surface area contributed by atoms with Crippen LogP contribution in [0.25, 0.3) is 0 Å². The number of hydrogen-bond donors (Lipinski definition) is 1. The van der Waals surface area contributed by atoms with E-state index in [0.717, 1.165) is 49.0 Å². The number of hydrogen-bond acceptors (Lipinski definition) is 4. The van der Waals surface area contributed by atoms with Gasteiger partial charge < -0.3 is 15.1 Å². The van der Waals surface area contributed by atoms with Crippen LogP contribution in [0.15, 0.2) is 22.6 Å². The maximum Gasteiger partial charge on any atom is 0.214 e. The fourth-order valence-electron chi connectivity index (χ4n) is 2.63. The summed E-state index contributed by atoms with van der Waals surface area (Å²) < 4.78 is 5.68. The van der Waals surface area contributed by atoms with E-state index in [1.54, 1.807) is 0 Å². The minimum atomic E-state index is 0.728. The molecule has 0 radical (unpaired) electrons. The molecular weight excluding hydrogens is 238 g/mol. The lowest BCUT2D eigenvalue weighted by Gasteiger charge is -2.30. The monoisotopic (exact) mass is 257 g/mol. The van der Waals surface area contributed by atoms with Crippen molar-refractivity contribution in [3.8, 4) is 0 Å². The van der Waals surface area contributed by atoms with Gasteiger partial charge in [0, 0.05) is 17.9 Å². The van der Waals surface area contributed by atoms with Crippen molar-refractivity contribution in [3.63, 3.8) is 0 Å². The summed E-state index contributed by atoms with van der Waals surface area (Å²) in [5, 5.41) is 0. The summed E-state index contributed by atoms with van der Waals surface area (Å²) in [6.45, 7) is 5.70. The van der Waals surface area contributed by atoms with E-state index in [2.05, 4.69) is 22.0 Å². The Morgan fingerprint density at radius 1 is 1.37 bits per heavy atom. The smallest absolute Gasteiger partial charge is 0.214 e. The summed E-state index contributed by atoms with van der Waals surface area (Å²) in [6.07, 6.45) is 2.25. The molecule has 0 fully saturated rings. The Morgan fingerprint density at radius 2 is 2.21 bits per heavy atom. The molecule has 1 aliphatic rings. The molecule has 1 aromatic carbocycles. The zero-order chi connectivity index (χ0) is 13.4. The van der Waals surface area contributed by atoms with Gasteiger partial charge in [0.15, 0.2) is 0 Å². The molecule has 2 N–H and O–H groups in total. The Hall–Kier alpha value is -1.97. The highest BCUT2D eigenvalue weighted by atomic mass is 16.4. The molecule has 1 aliphatic heterocycles. The molecular formula is C15H19N3O. The molecule has 4 heteroatoms. The number of aryl methyl sites for hydroxylation is 3. The molecule has 0 amide bonds. The van der Waals surface area contributed by atoms with Crippen molar-refractivity contribution in [2.24, 2.45) is 0 Å². The molecule has 0 aliphatic carbocycles. The van der Waals surface area contributed by atoms with Gasteiger partial charge in [0.2, 0.25) is 5.89 Å². The second-order valence-electron chi connectivity index (χ2n) is 5.16. The van der Waals surface area contributed by atoms with Crippen LogP contribution >= 0.6 is 0 Å². The fourth-order valence-corrected chi connectivity index (χ4v) is 2.63. The third-order valence-corrected chi connectivity index (χ3v) is 3.72. The Morgan fingerprint density at radius 3 is 2.95 bits per heavy atom. The lowest BCUT2D eigenvalue weighted by Crippen LogP contribution is -2.29. The number of aromatic nitrogens is 1. The first-order valence-electron chi connectivity index (χ1n) is 6.70. The van der Waals surface area contributed by atoms with E-state index < -0.39 is 0 Å². The zero-order valence-corrected chi connectivity index (χ0v) is 11.4. The molecule has 0 unspecified atom stereocenters. The summed E-state index contributed by atoms with van der Waals surface area (Å²) >= 11 is 0. The molecule has 0 saturated heterocycles. The average molecular weight is 257 g/mol. The normalized spacial score (nSPS) is 14.5. The first kappa shape index (κ1) is 12.1. The van der Waals surface area contributed by atoms with Crippen molar-refractivity contribution in [1.29, 1.82) is 0 Å². The van der Waals surface area contributed by atoms with Gasteiger partial charge in [-0.3, -0.25) is 0 Å². The number of nitrogens with zero attached hydrogens (tertiary/aromatic N) is 2. The molecule has 0 atom stereocenters. The molecule has 2 heterocycles. The topological polar surface area (TPSA) is 55.3 Å². The molecule has 19 heavy (non-hydrogen) atoms. The summed E-state index contributed by atoms with van der Waals surface area (Å²) in [5.74, 6) is 1.70. The van der Waals surface area contributed by atoms with Crippen LogP contribution in [0.3, 0.4) is 0 Å². The second-order valence-corrected chi connectivity index (χ2v) is 5.16. The predicted octanol–water partition coefficient (Wildman–Crippen LogP) is 2.83. The first-order valence-corrected chi connectivity index (χ1v) is 6.70. The Bertz CT molecular complexity index is 584. The van der Waals surface area contributed by atoms with Crippen molar-refractivity contribution >= 4 is 11.4 Å². The van der Waals surface area contributed by atoms with E-state index in [9.17, 15) is 0 Å². The predicted molar refractivity (Wildman–Crippen MR) is 76.2 cm³/mol. The molecule has 0 bridgehead atoms. The second kappa shape index (κ2) is 4.61. The minimum Gasteiger partial charge on any atom is -0.444 e. The number of fused-ring (bicyclic) bond motifs is 1. The van der Waals surface area contributed by atoms with Crippen molar-refractivity contribution in [2.75, 3.05) is 17.2 Å². The number of benzene rings is 1. The van der Waals surface area contributed by atoms with Crippen LogP contribution in [0, 0.1) is 13.8 Å². The fraction of sp³-hybridized carbons (Fsp3) is 0.400. The van der Waals surface area contributed by atoms with Crippen LogP contribution in [-0.2, 0) is 13.0 Å². The van der Waals surface area contributed by atoms with E-state index in [1.807, 2.05) is 19.9 Å². The zero-order valence-electron chi connectivity index (χ0n) is 11.4. The summed E-state index contributed by atoms with van der Waals surface area (Å²) in [4.78, 5) is 6.78. The summed E-state index contributed by atoms with van der Waals surface area (Å²) in [7, 11) is 0. The number of oxazole rings is 1. The Kier molecular flexibility index (Phi) is 2.93. The summed E-state index contributed by atoms with van der Waals surface area (Å²) in [5.41, 5.74) is 10.3. The lowest BCUT2D eigenvalue weighted by atomic mass is 10.0. The molecule has 2 aromatic rings. The van der Waals surface area contributed by atoms with Gasteiger partial charge in [-0.1, -0.05) is 0 Å². The Balaban J connectivity index is 1.87. The van der Waals surface area contributed by atoms with Gasteiger partial charge >= 0.3 is 0 Å². The highest BCUT2D eigenvalue weighted by Gasteiger charge is 2.19. The standard InChI is InChI=1S/C15H19N3O/c1-10-11(2)19-15(17-10)9-18-7-3-4-12-8-13(16)5-6-14(12)18/h5-6,8H,3-4,7,9,16H2,1-2H3. The van der Waals surface area contributed by atoms with Crippen molar-refractivity contribution in [3.05, 3.63) is 41.1 Å². The molecule has 4 nitrogen and oxygen atoms in total. The molecule has 0 saturated carbocycles. The maximum atomic E-state index is 5.85. The summed E-state index contributed by atoms with van der Waals surface area (Å²) in [6, 6.07) is 6.14. The van der Waals surface area contributed by atoms with Gasteiger partial charge in [0.25, 0.3) is 0 Å². The quantitative estimate of drug-likeness (QED) is 0.840. The van der Waals surface area contributed by atoms with Crippen LogP contribution in [-0.4, -0.2) is 11.5 Å². The highest BCUT2D eigenvalue weighted by Crippen LogP contribution is 2.30. The van der Waals surface area contributed by atoms with Crippen LogP contribution in [0.4, 0.5) is 11.4 Å². The number of nitrogens with two attached hydrogens (primary N) is 1. The SMILES string of the molecule is Cc1nc(CN2CCCc3cc(N)ccc32)oc1C. The van der Waals surface area contributed by atoms with Gasteiger partial charge in [-0.05, 0) is 50.5 Å². The van der Waals surface area contributed by atoms with Crippen LogP contribution < -0.4 is 10.6 Å². The molecule has 3 rings (SSSR count). The van der Waals surface area contributed by atoms with Crippen molar-refractivity contribution < 1.29 is 4.42 Å². The molecule has 1 aromatic heterocycles. The van der Waals surface area contributed by atoms with Gasteiger partial charge in [-0.25, -0.2) is 4.98 Å². The van der Waals surface area contributed by atoms with E-state index in [1.165, 1.54) is 11.3 Å². The molecule has 0 spiro atoms. The number of rotatable bonds is 2. The lowest BCUT2D eigenvalue weighted by molar-refractivity contribution is 0.462. The van der Waals surface area contributed by atoms with Gasteiger partial charge in [-0.15, -0.1) is 0 Å².